The molecule has 0 unspecified atom stereocenters. The monoisotopic (exact) mass is 337 g/mol. The second kappa shape index (κ2) is 6.70. The van der Waals surface area contributed by atoms with Gasteiger partial charge in [-0.05, 0) is 29.8 Å². The topological polar surface area (TPSA) is 102 Å². The molecule has 3 rings (SSSR count). The lowest BCUT2D eigenvalue weighted by Crippen LogP contribution is -2.07. The average molecular weight is 337 g/mol. The normalized spacial score (nSPS) is 10.6. The number of rotatable bonds is 4. The highest BCUT2D eigenvalue weighted by Crippen LogP contribution is 2.32. The molecule has 0 amide bonds. The van der Waals surface area contributed by atoms with Crippen molar-refractivity contribution in [3.8, 4) is 22.4 Å². The Labute approximate surface area is 143 Å². The molecule has 2 aromatic carbocycles. The standard InChI is InChI=1S/C19H16FN3O2/c20-16-4-2-1-3-13(16)14-9-17(23-18(22)15(14)10-21)11-5-7-12(8-6-11)19(24)25/h1-9H,10,21H2,(H2,22,23)(H,24,25). The van der Waals surface area contributed by atoms with Crippen LogP contribution in [0.1, 0.15) is 15.9 Å². The summed E-state index contributed by atoms with van der Waals surface area (Å²) in [5.74, 6) is -1.17. The van der Waals surface area contributed by atoms with E-state index in [2.05, 4.69) is 4.98 Å². The zero-order valence-electron chi connectivity index (χ0n) is 13.2. The van der Waals surface area contributed by atoms with Gasteiger partial charge < -0.3 is 16.6 Å². The molecule has 0 atom stereocenters. The lowest BCUT2D eigenvalue weighted by atomic mass is 9.97. The molecular formula is C19H16FN3O2. The Morgan fingerprint density at radius 3 is 2.36 bits per heavy atom. The molecule has 0 radical (unpaired) electrons. The molecule has 1 aromatic heterocycles. The summed E-state index contributed by atoms with van der Waals surface area (Å²) in [5.41, 5.74) is 14.7. The first-order valence-corrected chi connectivity index (χ1v) is 7.59. The van der Waals surface area contributed by atoms with Gasteiger partial charge in [-0.3, -0.25) is 0 Å². The summed E-state index contributed by atoms with van der Waals surface area (Å²) in [5, 5.41) is 8.99. The van der Waals surface area contributed by atoms with Crippen molar-refractivity contribution >= 4 is 11.8 Å². The summed E-state index contributed by atoms with van der Waals surface area (Å²) >= 11 is 0. The van der Waals surface area contributed by atoms with Crippen molar-refractivity contribution in [3.63, 3.8) is 0 Å². The van der Waals surface area contributed by atoms with Gasteiger partial charge in [0.15, 0.2) is 0 Å². The predicted molar refractivity (Wildman–Crippen MR) is 94.3 cm³/mol. The largest absolute Gasteiger partial charge is 0.478 e. The number of aromatic nitrogens is 1. The van der Waals surface area contributed by atoms with Crippen molar-refractivity contribution in [1.82, 2.24) is 4.98 Å². The van der Waals surface area contributed by atoms with Gasteiger partial charge in [0.1, 0.15) is 11.6 Å². The van der Waals surface area contributed by atoms with E-state index in [1.165, 1.54) is 18.2 Å². The first kappa shape index (κ1) is 16.6. The molecule has 0 aliphatic carbocycles. The van der Waals surface area contributed by atoms with E-state index >= 15 is 0 Å². The van der Waals surface area contributed by atoms with Crippen LogP contribution in [0, 0.1) is 5.82 Å². The van der Waals surface area contributed by atoms with Gasteiger partial charge in [0, 0.05) is 23.2 Å². The van der Waals surface area contributed by atoms with E-state index in [1.54, 1.807) is 36.4 Å². The van der Waals surface area contributed by atoms with Gasteiger partial charge in [-0.1, -0.05) is 30.3 Å². The van der Waals surface area contributed by atoms with Crippen LogP contribution in [0.3, 0.4) is 0 Å². The Morgan fingerprint density at radius 2 is 1.76 bits per heavy atom. The zero-order valence-corrected chi connectivity index (χ0v) is 13.2. The van der Waals surface area contributed by atoms with Gasteiger partial charge in [-0.25, -0.2) is 14.2 Å². The van der Waals surface area contributed by atoms with Crippen LogP contribution in [0.5, 0.6) is 0 Å². The van der Waals surface area contributed by atoms with Gasteiger partial charge >= 0.3 is 5.97 Å². The van der Waals surface area contributed by atoms with E-state index in [0.29, 0.717) is 27.9 Å². The second-order valence-electron chi connectivity index (χ2n) is 5.49. The molecule has 0 saturated heterocycles. The van der Waals surface area contributed by atoms with E-state index in [9.17, 15) is 9.18 Å². The number of benzene rings is 2. The molecule has 0 bridgehead atoms. The van der Waals surface area contributed by atoms with Crippen LogP contribution in [-0.2, 0) is 6.54 Å². The molecule has 3 aromatic rings. The number of hydrogen-bond donors (Lipinski definition) is 3. The lowest BCUT2D eigenvalue weighted by Gasteiger charge is -2.14. The molecule has 0 aliphatic heterocycles. The van der Waals surface area contributed by atoms with Gasteiger partial charge in [-0.15, -0.1) is 0 Å². The number of carboxylic acid groups (broad SMARTS) is 1. The molecule has 1 heterocycles. The number of nitrogen functional groups attached to an aromatic ring is 1. The van der Waals surface area contributed by atoms with Gasteiger partial charge in [0.2, 0.25) is 0 Å². The Morgan fingerprint density at radius 1 is 1.08 bits per heavy atom. The number of aromatic carboxylic acids is 1. The van der Waals surface area contributed by atoms with E-state index in [0.717, 1.165) is 0 Å². The fraction of sp³-hybridized carbons (Fsp3) is 0.0526. The number of halogens is 1. The zero-order chi connectivity index (χ0) is 18.0. The highest BCUT2D eigenvalue weighted by Gasteiger charge is 2.15. The van der Waals surface area contributed by atoms with Crippen molar-refractivity contribution in [1.29, 1.82) is 0 Å². The quantitative estimate of drug-likeness (QED) is 0.678. The maximum absolute atomic E-state index is 14.2. The highest BCUT2D eigenvalue weighted by molar-refractivity contribution is 5.88. The highest BCUT2D eigenvalue weighted by atomic mass is 19.1. The maximum atomic E-state index is 14.2. The summed E-state index contributed by atoms with van der Waals surface area (Å²) < 4.78 is 14.2. The number of carbonyl (C=O) groups is 1. The summed E-state index contributed by atoms with van der Waals surface area (Å²) in [6, 6.07) is 14.3. The lowest BCUT2D eigenvalue weighted by molar-refractivity contribution is 0.0697. The Hall–Kier alpha value is -3.25. The number of nitrogens with zero attached hydrogens (tertiary/aromatic N) is 1. The third kappa shape index (κ3) is 3.20. The van der Waals surface area contributed by atoms with Crippen molar-refractivity contribution < 1.29 is 14.3 Å². The second-order valence-corrected chi connectivity index (χ2v) is 5.49. The van der Waals surface area contributed by atoms with E-state index < -0.39 is 5.97 Å². The van der Waals surface area contributed by atoms with Crippen LogP contribution in [0.2, 0.25) is 0 Å². The van der Waals surface area contributed by atoms with Crippen LogP contribution in [-0.4, -0.2) is 16.1 Å². The fourth-order valence-corrected chi connectivity index (χ4v) is 2.66. The molecule has 126 valence electrons. The van der Waals surface area contributed by atoms with Crippen molar-refractivity contribution in [2.75, 3.05) is 5.73 Å². The number of anilines is 1. The number of carboxylic acids is 1. The minimum atomic E-state index is -1.01. The molecule has 6 heteroatoms. The molecular weight excluding hydrogens is 321 g/mol. The van der Waals surface area contributed by atoms with Crippen LogP contribution in [0.4, 0.5) is 10.2 Å². The van der Waals surface area contributed by atoms with Crippen LogP contribution < -0.4 is 11.5 Å². The Kier molecular flexibility index (Phi) is 4.45. The van der Waals surface area contributed by atoms with E-state index in [-0.39, 0.29) is 23.7 Å². The van der Waals surface area contributed by atoms with Crippen LogP contribution in [0.25, 0.3) is 22.4 Å². The first-order chi connectivity index (χ1) is 12.0. The van der Waals surface area contributed by atoms with Crippen molar-refractivity contribution in [3.05, 3.63) is 71.5 Å². The van der Waals surface area contributed by atoms with Gasteiger partial charge in [-0.2, -0.15) is 0 Å². The molecule has 0 fully saturated rings. The average Bonchev–Trinajstić information content (AvgIpc) is 2.61. The summed E-state index contributed by atoms with van der Waals surface area (Å²) in [6.45, 7) is 0.126. The molecule has 5 nitrogen and oxygen atoms in total. The predicted octanol–water partition coefficient (Wildman–Crippen LogP) is 3.29. The number of nitrogens with two attached hydrogens (primary N) is 2. The Balaban J connectivity index is 2.17. The third-order valence-electron chi connectivity index (χ3n) is 3.95. The van der Waals surface area contributed by atoms with E-state index in [1.807, 2.05) is 0 Å². The Bertz CT molecular complexity index is 940. The van der Waals surface area contributed by atoms with Crippen molar-refractivity contribution in [2.45, 2.75) is 6.54 Å². The molecule has 0 aliphatic rings. The molecule has 25 heavy (non-hydrogen) atoms. The van der Waals surface area contributed by atoms with E-state index in [4.69, 9.17) is 16.6 Å². The number of pyridine rings is 1. The number of hydrogen-bond acceptors (Lipinski definition) is 4. The summed E-state index contributed by atoms with van der Waals surface area (Å²) in [4.78, 5) is 15.3. The molecule has 0 spiro atoms. The summed E-state index contributed by atoms with van der Waals surface area (Å²) in [6.07, 6.45) is 0. The summed E-state index contributed by atoms with van der Waals surface area (Å²) in [7, 11) is 0. The van der Waals surface area contributed by atoms with Crippen molar-refractivity contribution in [2.24, 2.45) is 5.73 Å². The smallest absolute Gasteiger partial charge is 0.335 e. The maximum Gasteiger partial charge on any atom is 0.335 e. The van der Waals surface area contributed by atoms with Crippen LogP contribution >= 0.6 is 0 Å². The minimum Gasteiger partial charge on any atom is -0.478 e. The van der Waals surface area contributed by atoms with Crippen LogP contribution in [0.15, 0.2) is 54.6 Å². The molecule has 5 N–H and O–H groups in total. The first-order valence-electron chi connectivity index (χ1n) is 7.59. The minimum absolute atomic E-state index is 0.126. The third-order valence-corrected chi connectivity index (χ3v) is 3.95. The molecule has 0 saturated carbocycles. The van der Waals surface area contributed by atoms with Gasteiger partial charge in [0.25, 0.3) is 0 Å². The van der Waals surface area contributed by atoms with Gasteiger partial charge in [0.05, 0.1) is 11.3 Å². The fourth-order valence-electron chi connectivity index (χ4n) is 2.66. The SMILES string of the molecule is NCc1c(-c2ccccc2F)cc(-c2ccc(C(=O)O)cc2)nc1N.